The van der Waals surface area contributed by atoms with Gasteiger partial charge in [-0.05, 0) is 12.8 Å². The molecule has 3 heteroatoms. The van der Waals surface area contributed by atoms with E-state index in [1.807, 2.05) is 6.92 Å². The number of unbranched alkanes of at least 4 members (excludes halogenated alkanes) is 4. The number of rotatable bonds is 10. The molecule has 0 rings (SSSR count). The van der Waals surface area contributed by atoms with Crippen molar-refractivity contribution >= 4 is 7.37 Å². The van der Waals surface area contributed by atoms with Gasteiger partial charge in [-0.15, -0.1) is 0 Å². The standard InChI is InChI=1S/C12H27O2P/c1-4-7-9-11-14-15(13,6-3)12-10-8-5-2/h4-12H2,1-3H3. The third kappa shape index (κ3) is 8.04. The summed E-state index contributed by atoms with van der Waals surface area (Å²) in [5, 5.41) is 0. The van der Waals surface area contributed by atoms with E-state index >= 15 is 0 Å². The molecule has 0 amide bonds. The molecule has 0 aliphatic heterocycles. The highest BCUT2D eigenvalue weighted by Crippen LogP contribution is 2.47. The van der Waals surface area contributed by atoms with E-state index in [0.717, 1.165) is 19.0 Å². The summed E-state index contributed by atoms with van der Waals surface area (Å²) < 4.78 is 17.8. The van der Waals surface area contributed by atoms with Gasteiger partial charge in [-0.3, -0.25) is 4.57 Å². The number of hydrogen-bond acceptors (Lipinski definition) is 2. The average Bonchev–Trinajstić information content (AvgIpc) is 2.25. The fourth-order valence-corrected chi connectivity index (χ4v) is 3.29. The van der Waals surface area contributed by atoms with Crippen molar-refractivity contribution in [2.75, 3.05) is 18.9 Å². The van der Waals surface area contributed by atoms with E-state index in [-0.39, 0.29) is 0 Å². The van der Waals surface area contributed by atoms with Gasteiger partial charge in [0.25, 0.3) is 0 Å². The van der Waals surface area contributed by atoms with Crippen LogP contribution < -0.4 is 0 Å². The van der Waals surface area contributed by atoms with Crippen molar-refractivity contribution in [2.24, 2.45) is 0 Å². The molecule has 0 aliphatic carbocycles. The second-order valence-corrected chi connectivity index (χ2v) is 7.07. The van der Waals surface area contributed by atoms with Crippen molar-refractivity contribution < 1.29 is 9.09 Å². The lowest BCUT2D eigenvalue weighted by Gasteiger charge is -2.16. The molecule has 0 aromatic carbocycles. The SMILES string of the molecule is CCCCCOP(=O)(CC)CCCCC. The lowest BCUT2D eigenvalue weighted by atomic mass is 10.3. The fourth-order valence-electron chi connectivity index (χ4n) is 1.50. The topological polar surface area (TPSA) is 26.3 Å². The third-order valence-corrected chi connectivity index (χ3v) is 5.27. The van der Waals surface area contributed by atoms with E-state index in [0.29, 0.717) is 12.8 Å². The first-order valence-electron chi connectivity index (χ1n) is 6.41. The van der Waals surface area contributed by atoms with Crippen LogP contribution in [-0.4, -0.2) is 18.9 Å². The van der Waals surface area contributed by atoms with Crippen molar-refractivity contribution in [2.45, 2.75) is 59.3 Å². The maximum atomic E-state index is 12.2. The molecular formula is C12H27O2P. The first-order valence-corrected chi connectivity index (χ1v) is 8.40. The van der Waals surface area contributed by atoms with Gasteiger partial charge >= 0.3 is 0 Å². The molecule has 0 fully saturated rings. The molecule has 0 saturated heterocycles. The number of hydrogen-bond donors (Lipinski definition) is 0. The molecule has 0 spiro atoms. The first-order chi connectivity index (χ1) is 7.18. The molecule has 1 atom stereocenters. The average molecular weight is 234 g/mol. The van der Waals surface area contributed by atoms with Crippen molar-refractivity contribution in [3.8, 4) is 0 Å². The molecule has 0 bridgehead atoms. The van der Waals surface area contributed by atoms with Crippen LogP contribution in [0.15, 0.2) is 0 Å². The summed E-state index contributed by atoms with van der Waals surface area (Å²) in [5.74, 6) is 0. The summed E-state index contributed by atoms with van der Waals surface area (Å²) in [6.45, 7) is 7.00. The summed E-state index contributed by atoms with van der Waals surface area (Å²) in [6.07, 6.45) is 8.30. The lowest BCUT2D eigenvalue weighted by Crippen LogP contribution is -2.00. The molecule has 15 heavy (non-hydrogen) atoms. The minimum Gasteiger partial charge on any atom is -0.328 e. The third-order valence-electron chi connectivity index (χ3n) is 2.66. The lowest BCUT2D eigenvalue weighted by molar-refractivity contribution is 0.303. The van der Waals surface area contributed by atoms with E-state index < -0.39 is 7.37 Å². The Morgan fingerprint density at radius 2 is 1.53 bits per heavy atom. The summed E-state index contributed by atoms with van der Waals surface area (Å²) >= 11 is 0. The Labute approximate surface area is 95.2 Å². The summed E-state index contributed by atoms with van der Waals surface area (Å²) in [7, 11) is -2.27. The Bertz CT molecular complexity index is 180. The molecule has 0 heterocycles. The van der Waals surface area contributed by atoms with E-state index in [4.69, 9.17) is 4.52 Å². The molecule has 0 saturated carbocycles. The predicted octanol–water partition coefficient (Wildman–Crippen LogP) is 4.68. The Balaban J connectivity index is 3.70. The van der Waals surface area contributed by atoms with Gasteiger partial charge in [0.1, 0.15) is 0 Å². The minimum absolute atomic E-state index is 0.686. The molecule has 0 radical (unpaired) electrons. The van der Waals surface area contributed by atoms with Crippen molar-refractivity contribution in [3.05, 3.63) is 0 Å². The minimum atomic E-state index is -2.27. The molecule has 92 valence electrons. The largest absolute Gasteiger partial charge is 0.328 e. The van der Waals surface area contributed by atoms with Gasteiger partial charge in [0, 0.05) is 12.3 Å². The zero-order valence-corrected chi connectivity index (χ0v) is 11.5. The zero-order valence-electron chi connectivity index (χ0n) is 10.6. The zero-order chi connectivity index (χ0) is 11.6. The van der Waals surface area contributed by atoms with E-state index in [1.165, 1.54) is 25.7 Å². The van der Waals surface area contributed by atoms with Gasteiger partial charge in [0.15, 0.2) is 0 Å². The predicted molar refractivity (Wildman–Crippen MR) is 68.0 cm³/mol. The van der Waals surface area contributed by atoms with Crippen molar-refractivity contribution in [3.63, 3.8) is 0 Å². The molecular weight excluding hydrogens is 207 g/mol. The van der Waals surface area contributed by atoms with Gasteiger partial charge in [0.2, 0.25) is 7.37 Å². The summed E-state index contributed by atoms with van der Waals surface area (Å²) in [4.78, 5) is 0. The summed E-state index contributed by atoms with van der Waals surface area (Å²) in [6, 6.07) is 0. The van der Waals surface area contributed by atoms with E-state index in [1.54, 1.807) is 0 Å². The van der Waals surface area contributed by atoms with Crippen LogP contribution in [0, 0.1) is 0 Å². The van der Waals surface area contributed by atoms with Gasteiger partial charge < -0.3 is 4.52 Å². The Kier molecular flexibility index (Phi) is 9.54. The molecule has 0 aliphatic rings. The molecule has 0 aromatic rings. The monoisotopic (exact) mass is 234 g/mol. The summed E-state index contributed by atoms with van der Waals surface area (Å²) in [5.41, 5.74) is 0. The maximum Gasteiger partial charge on any atom is 0.202 e. The van der Waals surface area contributed by atoms with Crippen LogP contribution in [0.4, 0.5) is 0 Å². The smallest absolute Gasteiger partial charge is 0.202 e. The van der Waals surface area contributed by atoms with Crippen molar-refractivity contribution in [1.29, 1.82) is 0 Å². The quantitative estimate of drug-likeness (QED) is 0.405. The second-order valence-electron chi connectivity index (χ2n) is 4.10. The van der Waals surface area contributed by atoms with Crippen molar-refractivity contribution in [1.82, 2.24) is 0 Å². The maximum absolute atomic E-state index is 12.2. The van der Waals surface area contributed by atoms with Gasteiger partial charge in [-0.25, -0.2) is 0 Å². The van der Waals surface area contributed by atoms with Crippen LogP contribution in [0.3, 0.4) is 0 Å². The Morgan fingerprint density at radius 3 is 2.07 bits per heavy atom. The van der Waals surface area contributed by atoms with Crippen LogP contribution in [0.5, 0.6) is 0 Å². The van der Waals surface area contributed by atoms with Gasteiger partial charge in [-0.1, -0.05) is 46.5 Å². The molecule has 0 aromatic heterocycles. The Hall–Kier alpha value is 0.190. The van der Waals surface area contributed by atoms with Crippen LogP contribution in [0.2, 0.25) is 0 Å². The van der Waals surface area contributed by atoms with Crippen LogP contribution in [0.25, 0.3) is 0 Å². The van der Waals surface area contributed by atoms with Gasteiger partial charge in [0.05, 0.1) is 6.61 Å². The second kappa shape index (κ2) is 9.42. The fraction of sp³-hybridized carbons (Fsp3) is 1.00. The first kappa shape index (κ1) is 15.2. The molecule has 1 unspecified atom stereocenters. The normalized spacial score (nSPS) is 15.1. The highest BCUT2D eigenvalue weighted by Gasteiger charge is 2.19. The van der Waals surface area contributed by atoms with Crippen LogP contribution in [0.1, 0.15) is 59.3 Å². The molecule has 0 N–H and O–H groups in total. The van der Waals surface area contributed by atoms with Crippen LogP contribution >= 0.6 is 7.37 Å². The van der Waals surface area contributed by atoms with E-state index in [2.05, 4.69) is 13.8 Å². The highest BCUT2D eigenvalue weighted by atomic mass is 31.2. The van der Waals surface area contributed by atoms with Crippen LogP contribution in [-0.2, 0) is 9.09 Å². The highest BCUT2D eigenvalue weighted by molar-refractivity contribution is 7.58. The Morgan fingerprint density at radius 1 is 0.933 bits per heavy atom. The molecule has 2 nitrogen and oxygen atoms in total. The van der Waals surface area contributed by atoms with Gasteiger partial charge in [-0.2, -0.15) is 0 Å². The van der Waals surface area contributed by atoms with E-state index in [9.17, 15) is 4.57 Å².